The van der Waals surface area contributed by atoms with E-state index in [1.54, 1.807) is 0 Å². The van der Waals surface area contributed by atoms with Crippen LogP contribution in [0.25, 0.3) is 0 Å². The maximum Gasteiger partial charge on any atom is 0.228 e. The lowest BCUT2D eigenvalue weighted by atomic mass is 10.1. The summed E-state index contributed by atoms with van der Waals surface area (Å²) in [5, 5.41) is 3.35. The van der Waals surface area contributed by atoms with Crippen LogP contribution in [0.15, 0.2) is 24.3 Å². The molecule has 1 atom stereocenters. The first-order valence-corrected chi connectivity index (χ1v) is 6.37. The van der Waals surface area contributed by atoms with Crippen LogP contribution in [0, 0.1) is 0 Å². The zero-order chi connectivity index (χ0) is 12.3. The van der Waals surface area contributed by atoms with Gasteiger partial charge in [0.25, 0.3) is 0 Å². The highest BCUT2D eigenvalue weighted by Gasteiger charge is 2.30. The number of likely N-dealkylation sites (N-methyl/N-ethyl adjacent to an activating group) is 1. The maximum atomic E-state index is 12.0. The van der Waals surface area contributed by atoms with Crippen molar-refractivity contribution in [2.45, 2.75) is 32.7 Å². The van der Waals surface area contributed by atoms with E-state index in [1.165, 1.54) is 5.56 Å². The lowest BCUT2D eigenvalue weighted by molar-refractivity contribution is -0.117. The Labute approximate surface area is 103 Å². The van der Waals surface area contributed by atoms with Gasteiger partial charge >= 0.3 is 0 Å². The molecule has 0 aromatic heterocycles. The molecule has 17 heavy (non-hydrogen) atoms. The molecule has 1 amide bonds. The molecule has 0 saturated carbocycles. The smallest absolute Gasteiger partial charge is 0.228 e. The monoisotopic (exact) mass is 232 g/mol. The third kappa shape index (κ3) is 2.50. The Morgan fingerprint density at radius 1 is 1.35 bits per heavy atom. The molecule has 0 aliphatic carbocycles. The second-order valence-corrected chi connectivity index (χ2v) is 4.45. The van der Waals surface area contributed by atoms with E-state index in [0.717, 1.165) is 25.2 Å². The fourth-order valence-corrected chi connectivity index (χ4v) is 2.44. The molecule has 1 saturated heterocycles. The molecule has 3 heteroatoms. The number of anilines is 1. The largest absolute Gasteiger partial charge is 0.312 e. The first kappa shape index (κ1) is 12.1. The van der Waals surface area contributed by atoms with Gasteiger partial charge in [0, 0.05) is 24.7 Å². The standard InChI is InChI=1S/C14H20N2O/c1-3-11-7-5-6-8-13(11)16-10-12(15-4-2)9-14(16)17/h5-8,12,15H,3-4,9-10H2,1-2H3. The number of nitrogens with zero attached hydrogens (tertiary/aromatic N) is 1. The summed E-state index contributed by atoms with van der Waals surface area (Å²) in [6.45, 7) is 5.92. The molecular formula is C14H20N2O. The number of aryl methyl sites for hydroxylation is 1. The molecule has 1 aliphatic rings. The van der Waals surface area contributed by atoms with Crippen molar-refractivity contribution >= 4 is 11.6 Å². The minimum Gasteiger partial charge on any atom is -0.312 e. The van der Waals surface area contributed by atoms with Crippen LogP contribution in [0.2, 0.25) is 0 Å². The first-order chi connectivity index (χ1) is 8.26. The van der Waals surface area contributed by atoms with Crippen LogP contribution in [0.5, 0.6) is 0 Å². The zero-order valence-electron chi connectivity index (χ0n) is 10.6. The second kappa shape index (κ2) is 5.32. The van der Waals surface area contributed by atoms with Crippen LogP contribution in [-0.4, -0.2) is 25.0 Å². The van der Waals surface area contributed by atoms with Crippen LogP contribution in [0.4, 0.5) is 5.69 Å². The number of carbonyl (C=O) groups is 1. The highest BCUT2D eigenvalue weighted by molar-refractivity contribution is 5.96. The summed E-state index contributed by atoms with van der Waals surface area (Å²) in [5.74, 6) is 0.233. The van der Waals surface area contributed by atoms with E-state index in [-0.39, 0.29) is 5.91 Å². The molecule has 2 rings (SSSR count). The molecule has 92 valence electrons. The van der Waals surface area contributed by atoms with Gasteiger partial charge in [-0.2, -0.15) is 0 Å². The number of carbonyl (C=O) groups excluding carboxylic acids is 1. The van der Waals surface area contributed by atoms with Gasteiger partial charge in [0.15, 0.2) is 0 Å². The summed E-state index contributed by atoms with van der Waals surface area (Å²) in [6.07, 6.45) is 1.58. The lowest BCUT2D eigenvalue weighted by Crippen LogP contribution is -2.32. The molecule has 1 aliphatic heterocycles. The van der Waals surface area contributed by atoms with E-state index >= 15 is 0 Å². The number of para-hydroxylation sites is 1. The van der Waals surface area contributed by atoms with Crippen molar-refractivity contribution in [3.05, 3.63) is 29.8 Å². The normalized spacial score (nSPS) is 20.0. The first-order valence-electron chi connectivity index (χ1n) is 6.37. The van der Waals surface area contributed by atoms with Crippen molar-refractivity contribution in [2.75, 3.05) is 18.0 Å². The van der Waals surface area contributed by atoms with Gasteiger partial charge < -0.3 is 10.2 Å². The molecule has 0 spiro atoms. The van der Waals surface area contributed by atoms with Crippen molar-refractivity contribution in [3.63, 3.8) is 0 Å². The maximum absolute atomic E-state index is 12.0. The van der Waals surface area contributed by atoms with Crippen molar-refractivity contribution in [1.82, 2.24) is 5.32 Å². The Hall–Kier alpha value is -1.35. The van der Waals surface area contributed by atoms with Gasteiger partial charge in [-0.1, -0.05) is 32.0 Å². The highest BCUT2D eigenvalue weighted by atomic mass is 16.2. The van der Waals surface area contributed by atoms with Gasteiger partial charge in [0.1, 0.15) is 0 Å². The fraction of sp³-hybridized carbons (Fsp3) is 0.500. The number of amides is 1. The average Bonchev–Trinajstić information content (AvgIpc) is 2.70. The number of hydrogen-bond acceptors (Lipinski definition) is 2. The minimum atomic E-state index is 0.233. The molecular weight excluding hydrogens is 212 g/mol. The number of nitrogens with one attached hydrogen (secondary N) is 1. The number of rotatable bonds is 4. The average molecular weight is 232 g/mol. The van der Waals surface area contributed by atoms with E-state index in [2.05, 4.69) is 25.2 Å². The number of benzene rings is 1. The topological polar surface area (TPSA) is 32.3 Å². The third-order valence-electron chi connectivity index (χ3n) is 3.28. The van der Waals surface area contributed by atoms with Crippen molar-refractivity contribution in [3.8, 4) is 0 Å². The van der Waals surface area contributed by atoms with Crippen LogP contribution in [0.1, 0.15) is 25.8 Å². The Morgan fingerprint density at radius 2 is 2.12 bits per heavy atom. The summed E-state index contributed by atoms with van der Waals surface area (Å²) in [7, 11) is 0. The van der Waals surface area contributed by atoms with Crippen LogP contribution >= 0.6 is 0 Å². The van der Waals surface area contributed by atoms with E-state index in [9.17, 15) is 4.79 Å². The highest BCUT2D eigenvalue weighted by Crippen LogP contribution is 2.25. The van der Waals surface area contributed by atoms with Crippen LogP contribution in [-0.2, 0) is 11.2 Å². The fourth-order valence-electron chi connectivity index (χ4n) is 2.44. The minimum absolute atomic E-state index is 0.233. The van der Waals surface area contributed by atoms with Gasteiger partial charge in [-0.05, 0) is 24.6 Å². The zero-order valence-corrected chi connectivity index (χ0v) is 10.6. The predicted octanol–water partition coefficient (Wildman–Crippen LogP) is 1.96. The quantitative estimate of drug-likeness (QED) is 0.860. The second-order valence-electron chi connectivity index (χ2n) is 4.45. The van der Waals surface area contributed by atoms with Gasteiger partial charge in [-0.25, -0.2) is 0 Å². The Kier molecular flexibility index (Phi) is 3.79. The van der Waals surface area contributed by atoms with E-state index in [1.807, 2.05) is 23.1 Å². The van der Waals surface area contributed by atoms with Gasteiger partial charge in [-0.15, -0.1) is 0 Å². The van der Waals surface area contributed by atoms with Gasteiger partial charge in [0.2, 0.25) is 5.91 Å². The van der Waals surface area contributed by atoms with Crippen LogP contribution in [0.3, 0.4) is 0 Å². The summed E-state index contributed by atoms with van der Waals surface area (Å²) in [5.41, 5.74) is 2.33. The van der Waals surface area contributed by atoms with Crippen molar-refractivity contribution in [1.29, 1.82) is 0 Å². The predicted molar refractivity (Wildman–Crippen MR) is 70.3 cm³/mol. The van der Waals surface area contributed by atoms with Crippen molar-refractivity contribution in [2.24, 2.45) is 0 Å². The molecule has 1 unspecified atom stereocenters. The third-order valence-corrected chi connectivity index (χ3v) is 3.28. The van der Waals surface area contributed by atoms with Gasteiger partial charge in [-0.3, -0.25) is 4.79 Å². The lowest BCUT2D eigenvalue weighted by Gasteiger charge is -2.20. The summed E-state index contributed by atoms with van der Waals surface area (Å²) < 4.78 is 0. The van der Waals surface area contributed by atoms with Crippen molar-refractivity contribution < 1.29 is 4.79 Å². The Balaban J connectivity index is 2.20. The molecule has 1 heterocycles. The molecule has 1 N–H and O–H groups in total. The SMILES string of the molecule is CCNC1CC(=O)N(c2ccccc2CC)C1. The molecule has 1 fully saturated rings. The summed E-state index contributed by atoms with van der Waals surface area (Å²) in [4.78, 5) is 13.9. The molecule has 0 bridgehead atoms. The molecule has 1 aromatic carbocycles. The van der Waals surface area contributed by atoms with E-state index in [0.29, 0.717) is 12.5 Å². The van der Waals surface area contributed by atoms with E-state index in [4.69, 9.17) is 0 Å². The Bertz CT molecular complexity index is 403. The molecule has 3 nitrogen and oxygen atoms in total. The number of hydrogen-bond donors (Lipinski definition) is 1. The molecule has 1 aromatic rings. The van der Waals surface area contributed by atoms with Crippen LogP contribution < -0.4 is 10.2 Å². The summed E-state index contributed by atoms with van der Waals surface area (Å²) in [6, 6.07) is 8.48. The summed E-state index contributed by atoms with van der Waals surface area (Å²) >= 11 is 0. The Morgan fingerprint density at radius 3 is 2.82 bits per heavy atom. The molecule has 0 radical (unpaired) electrons. The van der Waals surface area contributed by atoms with E-state index < -0.39 is 0 Å². The van der Waals surface area contributed by atoms with Gasteiger partial charge in [0.05, 0.1) is 0 Å².